The first-order chi connectivity index (χ1) is 14.7. The number of piperidine rings is 2. The highest BCUT2D eigenvalue weighted by Crippen LogP contribution is 2.29. The fourth-order valence-corrected chi connectivity index (χ4v) is 5.42. The molecule has 0 aromatic heterocycles. The zero-order chi connectivity index (χ0) is 21.2. The molecule has 1 atom stereocenters. The Balaban J connectivity index is 1.31. The SMILES string of the molecule is CCC(NC(=O)C1CCC(C(=O)NCCCN2CCCCC2)CC1)N1CCCCC1. The molecule has 0 spiro atoms. The van der Waals surface area contributed by atoms with Gasteiger partial charge in [-0.05, 0) is 83.8 Å². The maximum Gasteiger partial charge on any atom is 0.224 e. The van der Waals surface area contributed by atoms with Gasteiger partial charge in [0.1, 0.15) is 0 Å². The minimum Gasteiger partial charge on any atom is -0.356 e. The fraction of sp³-hybridized carbons (Fsp3) is 0.917. The molecule has 2 aliphatic heterocycles. The molecule has 2 heterocycles. The van der Waals surface area contributed by atoms with Crippen LogP contribution in [-0.2, 0) is 9.59 Å². The highest BCUT2D eigenvalue weighted by Gasteiger charge is 2.31. The van der Waals surface area contributed by atoms with Gasteiger partial charge >= 0.3 is 0 Å². The van der Waals surface area contributed by atoms with Gasteiger partial charge in [0.25, 0.3) is 0 Å². The molecule has 3 aliphatic rings. The summed E-state index contributed by atoms with van der Waals surface area (Å²) < 4.78 is 0. The van der Waals surface area contributed by atoms with Crippen LogP contribution in [0, 0.1) is 11.8 Å². The molecule has 2 saturated heterocycles. The lowest BCUT2D eigenvalue weighted by atomic mass is 9.81. The Labute approximate surface area is 183 Å². The van der Waals surface area contributed by atoms with Gasteiger partial charge in [-0.2, -0.15) is 0 Å². The van der Waals surface area contributed by atoms with Crippen LogP contribution in [0.5, 0.6) is 0 Å². The van der Waals surface area contributed by atoms with E-state index in [4.69, 9.17) is 0 Å². The molecular weight excluding hydrogens is 376 g/mol. The minimum atomic E-state index is 0.0759. The average Bonchev–Trinajstić information content (AvgIpc) is 2.81. The van der Waals surface area contributed by atoms with E-state index >= 15 is 0 Å². The molecular formula is C24H44N4O2. The van der Waals surface area contributed by atoms with Crippen molar-refractivity contribution in [1.82, 2.24) is 20.4 Å². The van der Waals surface area contributed by atoms with E-state index in [1.807, 2.05) is 0 Å². The molecule has 2 amide bonds. The van der Waals surface area contributed by atoms with Crippen LogP contribution >= 0.6 is 0 Å². The number of amides is 2. The van der Waals surface area contributed by atoms with Crippen molar-refractivity contribution in [3.63, 3.8) is 0 Å². The Kier molecular flexibility index (Phi) is 9.92. The van der Waals surface area contributed by atoms with Crippen molar-refractivity contribution < 1.29 is 9.59 Å². The van der Waals surface area contributed by atoms with Gasteiger partial charge in [-0.25, -0.2) is 0 Å². The normalized spacial score (nSPS) is 27.4. The van der Waals surface area contributed by atoms with Crippen LogP contribution in [0.15, 0.2) is 0 Å². The zero-order valence-electron chi connectivity index (χ0n) is 19.2. The van der Waals surface area contributed by atoms with Gasteiger partial charge in [0.15, 0.2) is 0 Å². The predicted molar refractivity (Wildman–Crippen MR) is 121 cm³/mol. The van der Waals surface area contributed by atoms with E-state index in [-0.39, 0.29) is 29.8 Å². The number of hydrogen-bond acceptors (Lipinski definition) is 4. The Morgan fingerprint density at radius 3 is 2.00 bits per heavy atom. The van der Waals surface area contributed by atoms with E-state index in [1.165, 1.54) is 51.6 Å². The molecule has 172 valence electrons. The molecule has 1 saturated carbocycles. The number of nitrogens with one attached hydrogen (secondary N) is 2. The van der Waals surface area contributed by atoms with Crippen LogP contribution in [0.4, 0.5) is 0 Å². The lowest BCUT2D eigenvalue weighted by Crippen LogP contribution is -2.51. The number of carbonyl (C=O) groups excluding carboxylic acids is 2. The lowest BCUT2D eigenvalue weighted by Gasteiger charge is -2.36. The van der Waals surface area contributed by atoms with Crippen LogP contribution in [-0.4, -0.2) is 67.0 Å². The van der Waals surface area contributed by atoms with Crippen molar-refractivity contribution in [2.75, 3.05) is 39.3 Å². The van der Waals surface area contributed by atoms with Crippen LogP contribution < -0.4 is 10.6 Å². The van der Waals surface area contributed by atoms with Gasteiger partial charge in [-0.3, -0.25) is 14.5 Å². The standard InChI is InChI=1S/C24H44N4O2/c1-2-22(28-18-7-4-8-19-28)26-24(30)21-12-10-20(11-13-21)23(29)25-14-9-17-27-15-5-3-6-16-27/h20-22H,2-19H2,1H3,(H,25,29)(H,26,30). The van der Waals surface area contributed by atoms with Gasteiger partial charge in [0.05, 0.1) is 6.17 Å². The van der Waals surface area contributed by atoms with Gasteiger partial charge in [0, 0.05) is 31.5 Å². The summed E-state index contributed by atoms with van der Waals surface area (Å²) in [4.78, 5) is 30.3. The maximum absolute atomic E-state index is 12.8. The summed E-state index contributed by atoms with van der Waals surface area (Å²) in [5.41, 5.74) is 0. The molecule has 3 fully saturated rings. The van der Waals surface area contributed by atoms with E-state index in [0.717, 1.165) is 64.7 Å². The average molecular weight is 421 g/mol. The summed E-state index contributed by atoms with van der Waals surface area (Å²) in [6, 6.07) is 0. The topological polar surface area (TPSA) is 64.7 Å². The molecule has 1 aliphatic carbocycles. The largest absolute Gasteiger partial charge is 0.356 e. The molecule has 6 nitrogen and oxygen atoms in total. The quantitative estimate of drug-likeness (QED) is 0.563. The van der Waals surface area contributed by atoms with Crippen molar-refractivity contribution in [2.24, 2.45) is 11.8 Å². The highest BCUT2D eigenvalue weighted by atomic mass is 16.2. The van der Waals surface area contributed by atoms with E-state index in [0.29, 0.717) is 0 Å². The molecule has 0 radical (unpaired) electrons. The van der Waals surface area contributed by atoms with E-state index < -0.39 is 0 Å². The monoisotopic (exact) mass is 420 g/mol. The summed E-state index contributed by atoms with van der Waals surface area (Å²) in [6.45, 7) is 8.68. The van der Waals surface area contributed by atoms with Crippen LogP contribution in [0.3, 0.4) is 0 Å². The van der Waals surface area contributed by atoms with Crippen molar-refractivity contribution in [3.8, 4) is 0 Å². The highest BCUT2D eigenvalue weighted by molar-refractivity contribution is 5.81. The number of nitrogens with zero attached hydrogens (tertiary/aromatic N) is 2. The fourth-order valence-electron chi connectivity index (χ4n) is 5.42. The Morgan fingerprint density at radius 1 is 0.833 bits per heavy atom. The Morgan fingerprint density at radius 2 is 1.40 bits per heavy atom. The summed E-state index contributed by atoms with van der Waals surface area (Å²) in [5, 5.41) is 6.45. The number of rotatable bonds is 9. The second-order valence-corrected chi connectivity index (χ2v) is 9.62. The Hall–Kier alpha value is -1.14. The minimum absolute atomic E-state index is 0.0759. The summed E-state index contributed by atoms with van der Waals surface area (Å²) >= 11 is 0. The summed E-state index contributed by atoms with van der Waals surface area (Å²) in [6.07, 6.45) is 13.3. The van der Waals surface area contributed by atoms with Gasteiger partial charge < -0.3 is 15.5 Å². The molecule has 30 heavy (non-hydrogen) atoms. The van der Waals surface area contributed by atoms with Crippen LogP contribution in [0.2, 0.25) is 0 Å². The summed E-state index contributed by atoms with van der Waals surface area (Å²) in [7, 11) is 0. The number of hydrogen-bond donors (Lipinski definition) is 2. The van der Waals surface area contributed by atoms with Crippen molar-refractivity contribution in [3.05, 3.63) is 0 Å². The first kappa shape index (κ1) is 23.5. The summed E-state index contributed by atoms with van der Waals surface area (Å²) in [5.74, 6) is 0.570. The number of carbonyl (C=O) groups is 2. The molecule has 0 bridgehead atoms. The third-order valence-corrected chi connectivity index (χ3v) is 7.39. The van der Waals surface area contributed by atoms with Gasteiger partial charge in [-0.15, -0.1) is 0 Å². The first-order valence-corrected chi connectivity index (χ1v) is 12.7. The van der Waals surface area contributed by atoms with Crippen molar-refractivity contribution in [2.45, 2.75) is 90.1 Å². The van der Waals surface area contributed by atoms with Gasteiger partial charge in [-0.1, -0.05) is 19.8 Å². The predicted octanol–water partition coefficient (Wildman–Crippen LogP) is 3.12. The van der Waals surface area contributed by atoms with Gasteiger partial charge in [0.2, 0.25) is 11.8 Å². The van der Waals surface area contributed by atoms with Crippen LogP contribution in [0.25, 0.3) is 0 Å². The zero-order valence-corrected chi connectivity index (χ0v) is 19.2. The second kappa shape index (κ2) is 12.7. The molecule has 1 unspecified atom stereocenters. The number of likely N-dealkylation sites (tertiary alicyclic amines) is 2. The first-order valence-electron chi connectivity index (χ1n) is 12.7. The van der Waals surface area contributed by atoms with Crippen LogP contribution in [0.1, 0.15) is 84.0 Å². The third kappa shape index (κ3) is 7.23. The van der Waals surface area contributed by atoms with E-state index in [9.17, 15) is 9.59 Å². The van der Waals surface area contributed by atoms with E-state index in [1.54, 1.807) is 0 Å². The molecule has 6 heteroatoms. The third-order valence-electron chi connectivity index (χ3n) is 7.39. The lowest BCUT2D eigenvalue weighted by molar-refractivity contribution is -0.131. The maximum atomic E-state index is 12.8. The smallest absolute Gasteiger partial charge is 0.224 e. The Bertz CT molecular complexity index is 521. The molecule has 2 N–H and O–H groups in total. The molecule has 0 aromatic carbocycles. The van der Waals surface area contributed by atoms with Crippen molar-refractivity contribution in [1.29, 1.82) is 0 Å². The second-order valence-electron chi connectivity index (χ2n) is 9.62. The molecule has 0 aromatic rings. The van der Waals surface area contributed by atoms with Crippen molar-refractivity contribution >= 4 is 11.8 Å². The molecule has 3 rings (SSSR count). The van der Waals surface area contributed by atoms with E-state index in [2.05, 4.69) is 27.4 Å².